The van der Waals surface area contributed by atoms with Crippen LogP contribution in [0.5, 0.6) is 0 Å². The number of rotatable bonds is 6. The quantitative estimate of drug-likeness (QED) is 0.750. The van der Waals surface area contributed by atoms with E-state index in [1.165, 1.54) is 5.56 Å². The van der Waals surface area contributed by atoms with Crippen LogP contribution in [0.3, 0.4) is 0 Å². The smallest absolute Gasteiger partial charge is 0.0454 e. The van der Waals surface area contributed by atoms with Crippen molar-refractivity contribution in [1.29, 1.82) is 0 Å². The Balaban J connectivity index is 2.97. The van der Waals surface area contributed by atoms with Crippen molar-refractivity contribution in [2.24, 2.45) is 0 Å². The average Bonchev–Trinajstić information content (AvgIpc) is 2.30. The second-order valence-corrected chi connectivity index (χ2v) is 3.92. The molecule has 2 N–H and O–H groups in total. The first kappa shape index (κ1) is 12.2. The van der Waals surface area contributed by atoms with Crippen LogP contribution in [0.2, 0.25) is 0 Å². The van der Waals surface area contributed by atoms with E-state index in [4.69, 9.17) is 0 Å². The molecule has 1 unspecified atom stereocenters. The van der Waals surface area contributed by atoms with Gasteiger partial charge in [-0.1, -0.05) is 43.7 Å². The van der Waals surface area contributed by atoms with Crippen molar-refractivity contribution >= 4 is 0 Å². The zero-order valence-corrected chi connectivity index (χ0v) is 9.66. The van der Waals surface area contributed by atoms with E-state index in [1.54, 1.807) is 0 Å². The van der Waals surface area contributed by atoms with E-state index < -0.39 is 0 Å². The molecule has 0 saturated heterocycles. The van der Waals surface area contributed by atoms with Gasteiger partial charge < -0.3 is 10.4 Å². The monoisotopic (exact) mass is 207 g/mol. The Labute approximate surface area is 92.3 Å². The molecule has 1 aromatic rings. The summed E-state index contributed by atoms with van der Waals surface area (Å²) in [6.45, 7) is 2.39. The summed E-state index contributed by atoms with van der Waals surface area (Å²) < 4.78 is 0. The topological polar surface area (TPSA) is 32.3 Å². The molecule has 0 saturated carbocycles. The van der Waals surface area contributed by atoms with Gasteiger partial charge in [0.15, 0.2) is 0 Å². The van der Waals surface area contributed by atoms with Crippen molar-refractivity contribution in [1.82, 2.24) is 5.32 Å². The molecular formula is C13H21NO. The van der Waals surface area contributed by atoms with Crippen LogP contribution in [0.15, 0.2) is 30.3 Å². The third-order valence-electron chi connectivity index (χ3n) is 3.02. The number of aliphatic hydroxyl groups is 1. The Morgan fingerprint density at radius 1 is 1.20 bits per heavy atom. The molecule has 15 heavy (non-hydrogen) atoms. The van der Waals surface area contributed by atoms with E-state index in [0.717, 1.165) is 19.3 Å². The minimum Gasteiger partial charge on any atom is -0.396 e. The zero-order chi connectivity index (χ0) is 11.1. The lowest BCUT2D eigenvalue weighted by Crippen LogP contribution is -2.40. The SMILES string of the molecule is CCCC(CCO)(NC)c1ccccc1. The Bertz CT molecular complexity index is 265. The van der Waals surface area contributed by atoms with Crippen molar-refractivity contribution in [3.05, 3.63) is 35.9 Å². The van der Waals surface area contributed by atoms with Crippen molar-refractivity contribution in [3.8, 4) is 0 Å². The van der Waals surface area contributed by atoms with Crippen LogP contribution in [0, 0.1) is 0 Å². The number of hydrogen-bond donors (Lipinski definition) is 2. The molecule has 0 aromatic heterocycles. The van der Waals surface area contributed by atoms with Crippen LogP contribution in [-0.4, -0.2) is 18.8 Å². The lowest BCUT2D eigenvalue weighted by atomic mass is 9.83. The number of hydrogen-bond acceptors (Lipinski definition) is 2. The molecule has 0 heterocycles. The highest BCUT2D eigenvalue weighted by Crippen LogP contribution is 2.29. The fourth-order valence-corrected chi connectivity index (χ4v) is 2.18. The van der Waals surface area contributed by atoms with E-state index in [1.807, 2.05) is 13.1 Å². The highest BCUT2D eigenvalue weighted by atomic mass is 16.3. The first-order valence-corrected chi connectivity index (χ1v) is 5.64. The first-order chi connectivity index (χ1) is 7.29. The van der Waals surface area contributed by atoms with Crippen molar-refractivity contribution in [2.75, 3.05) is 13.7 Å². The van der Waals surface area contributed by atoms with Crippen molar-refractivity contribution in [3.63, 3.8) is 0 Å². The number of aliphatic hydroxyl groups excluding tert-OH is 1. The largest absolute Gasteiger partial charge is 0.396 e. The molecule has 0 aliphatic carbocycles. The van der Waals surface area contributed by atoms with Crippen LogP contribution >= 0.6 is 0 Å². The fraction of sp³-hybridized carbons (Fsp3) is 0.538. The normalized spacial score (nSPS) is 14.9. The molecular weight excluding hydrogens is 186 g/mol. The van der Waals surface area contributed by atoms with Crippen molar-refractivity contribution < 1.29 is 5.11 Å². The molecule has 0 fully saturated rings. The lowest BCUT2D eigenvalue weighted by Gasteiger charge is -2.33. The molecule has 1 atom stereocenters. The van der Waals surface area contributed by atoms with Crippen molar-refractivity contribution in [2.45, 2.75) is 31.7 Å². The number of benzene rings is 1. The summed E-state index contributed by atoms with van der Waals surface area (Å²) in [6, 6.07) is 10.4. The van der Waals surface area contributed by atoms with Gasteiger partial charge in [0.25, 0.3) is 0 Å². The van der Waals surface area contributed by atoms with Gasteiger partial charge in [-0.15, -0.1) is 0 Å². The second kappa shape index (κ2) is 5.89. The second-order valence-electron chi connectivity index (χ2n) is 3.92. The van der Waals surface area contributed by atoms with Gasteiger partial charge in [-0.25, -0.2) is 0 Å². The van der Waals surface area contributed by atoms with E-state index in [9.17, 15) is 5.11 Å². The van der Waals surface area contributed by atoms with Gasteiger partial charge in [-0.3, -0.25) is 0 Å². The summed E-state index contributed by atoms with van der Waals surface area (Å²) in [5.74, 6) is 0. The lowest BCUT2D eigenvalue weighted by molar-refractivity contribution is 0.206. The minimum absolute atomic E-state index is 0.0647. The molecule has 0 spiro atoms. The van der Waals surface area contributed by atoms with Gasteiger partial charge in [0.2, 0.25) is 0 Å². The molecule has 1 rings (SSSR count). The van der Waals surface area contributed by atoms with E-state index in [0.29, 0.717) is 0 Å². The van der Waals surface area contributed by atoms with Gasteiger partial charge in [0, 0.05) is 12.1 Å². The summed E-state index contributed by atoms with van der Waals surface area (Å²) in [6.07, 6.45) is 2.92. The predicted molar refractivity (Wildman–Crippen MR) is 63.8 cm³/mol. The Hall–Kier alpha value is -0.860. The maximum Gasteiger partial charge on any atom is 0.0454 e. The van der Waals surface area contributed by atoms with E-state index in [2.05, 4.69) is 36.5 Å². The molecule has 0 amide bonds. The van der Waals surface area contributed by atoms with Gasteiger partial charge in [-0.05, 0) is 25.5 Å². The molecule has 84 valence electrons. The molecule has 0 bridgehead atoms. The van der Waals surface area contributed by atoms with Crippen LogP contribution in [0.1, 0.15) is 31.7 Å². The Morgan fingerprint density at radius 2 is 1.87 bits per heavy atom. The predicted octanol–water partition coefficient (Wildman–Crippen LogP) is 2.28. The standard InChI is InChI=1S/C13H21NO/c1-3-9-13(14-2,10-11-15)12-7-5-4-6-8-12/h4-8,14-15H,3,9-11H2,1-2H3. The highest BCUT2D eigenvalue weighted by Gasteiger charge is 2.28. The summed E-state index contributed by atoms with van der Waals surface area (Å²) in [7, 11) is 1.97. The van der Waals surface area contributed by atoms with Crippen LogP contribution in [0.25, 0.3) is 0 Å². The molecule has 2 heteroatoms. The summed E-state index contributed by atoms with van der Waals surface area (Å²) in [5, 5.41) is 12.6. The maximum absolute atomic E-state index is 9.18. The van der Waals surface area contributed by atoms with Gasteiger partial charge in [0.05, 0.1) is 0 Å². The minimum atomic E-state index is -0.0647. The van der Waals surface area contributed by atoms with Crippen LogP contribution in [-0.2, 0) is 5.54 Å². The van der Waals surface area contributed by atoms with Crippen LogP contribution < -0.4 is 5.32 Å². The highest BCUT2D eigenvalue weighted by molar-refractivity contribution is 5.24. The van der Waals surface area contributed by atoms with Gasteiger partial charge in [0.1, 0.15) is 0 Å². The van der Waals surface area contributed by atoms with Gasteiger partial charge in [-0.2, -0.15) is 0 Å². The molecule has 0 aliphatic rings. The third-order valence-corrected chi connectivity index (χ3v) is 3.02. The molecule has 0 aliphatic heterocycles. The fourth-order valence-electron chi connectivity index (χ4n) is 2.18. The maximum atomic E-state index is 9.18. The third kappa shape index (κ3) is 2.80. The molecule has 2 nitrogen and oxygen atoms in total. The first-order valence-electron chi connectivity index (χ1n) is 5.64. The van der Waals surface area contributed by atoms with Gasteiger partial charge >= 0.3 is 0 Å². The number of nitrogens with one attached hydrogen (secondary N) is 1. The molecule has 1 aromatic carbocycles. The zero-order valence-electron chi connectivity index (χ0n) is 9.66. The van der Waals surface area contributed by atoms with E-state index >= 15 is 0 Å². The average molecular weight is 207 g/mol. The van der Waals surface area contributed by atoms with E-state index in [-0.39, 0.29) is 12.1 Å². The Morgan fingerprint density at radius 3 is 2.33 bits per heavy atom. The Kier molecular flexibility index (Phi) is 4.79. The molecule has 0 radical (unpaired) electrons. The van der Waals surface area contributed by atoms with Crippen LogP contribution in [0.4, 0.5) is 0 Å². The summed E-state index contributed by atoms with van der Waals surface area (Å²) in [5.41, 5.74) is 1.20. The summed E-state index contributed by atoms with van der Waals surface area (Å²) >= 11 is 0. The summed E-state index contributed by atoms with van der Waals surface area (Å²) in [4.78, 5) is 0.